The summed E-state index contributed by atoms with van der Waals surface area (Å²) >= 11 is 3.46. The molecule has 0 radical (unpaired) electrons. The number of nitrogens with two attached hydrogens (primary N) is 1. The standard InChI is InChI=1S/C16H17BrFNO2/c1-10-5-13(18)4-3-12(10)9-21-16-14(17)6-11(8-19)7-15(16)20-2/h3-7H,8-9,19H2,1-2H3. The molecule has 2 aromatic rings. The fraction of sp³-hybridized carbons (Fsp3) is 0.250. The van der Waals surface area contributed by atoms with Crippen molar-refractivity contribution in [1.82, 2.24) is 0 Å². The molecule has 0 fully saturated rings. The number of rotatable bonds is 5. The highest BCUT2D eigenvalue weighted by Gasteiger charge is 2.12. The average Bonchev–Trinajstić information content (AvgIpc) is 2.46. The molecule has 5 heteroatoms. The van der Waals surface area contributed by atoms with Gasteiger partial charge in [-0.1, -0.05) is 6.07 Å². The van der Waals surface area contributed by atoms with Crippen molar-refractivity contribution in [2.24, 2.45) is 5.73 Å². The lowest BCUT2D eigenvalue weighted by Gasteiger charge is -2.15. The van der Waals surface area contributed by atoms with Gasteiger partial charge < -0.3 is 15.2 Å². The van der Waals surface area contributed by atoms with Gasteiger partial charge in [0, 0.05) is 6.54 Å². The zero-order chi connectivity index (χ0) is 15.4. The quantitative estimate of drug-likeness (QED) is 0.885. The zero-order valence-corrected chi connectivity index (χ0v) is 13.5. The Bertz CT molecular complexity index is 646. The molecule has 0 spiro atoms. The largest absolute Gasteiger partial charge is 0.493 e. The van der Waals surface area contributed by atoms with Crippen molar-refractivity contribution in [3.63, 3.8) is 0 Å². The minimum absolute atomic E-state index is 0.248. The molecule has 3 nitrogen and oxygen atoms in total. The van der Waals surface area contributed by atoms with Crippen molar-refractivity contribution in [3.8, 4) is 11.5 Å². The SMILES string of the molecule is COc1cc(CN)cc(Br)c1OCc1ccc(F)cc1C. The van der Waals surface area contributed by atoms with Crippen LogP contribution in [0.3, 0.4) is 0 Å². The van der Waals surface area contributed by atoms with E-state index in [1.807, 2.05) is 19.1 Å². The molecule has 0 saturated carbocycles. The van der Waals surface area contributed by atoms with Crippen LogP contribution in [0.1, 0.15) is 16.7 Å². The lowest BCUT2D eigenvalue weighted by Crippen LogP contribution is -2.03. The smallest absolute Gasteiger partial charge is 0.175 e. The normalized spacial score (nSPS) is 10.5. The van der Waals surface area contributed by atoms with E-state index in [1.54, 1.807) is 13.2 Å². The molecular formula is C16H17BrFNO2. The Balaban J connectivity index is 2.23. The van der Waals surface area contributed by atoms with E-state index >= 15 is 0 Å². The van der Waals surface area contributed by atoms with Crippen molar-refractivity contribution in [2.45, 2.75) is 20.1 Å². The van der Waals surface area contributed by atoms with Gasteiger partial charge in [0.15, 0.2) is 11.5 Å². The third-order valence-corrected chi connectivity index (χ3v) is 3.79. The molecule has 21 heavy (non-hydrogen) atoms. The van der Waals surface area contributed by atoms with Crippen molar-refractivity contribution in [2.75, 3.05) is 7.11 Å². The summed E-state index contributed by atoms with van der Waals surface area (Å²) in [6.07, 6.45) is 0. The zero-order valence-electron chi connectivity index (χ0n) is 12.0. The molecule has 2 aromatic carbocycles. The Hall–Kier alpha value is -1.59. The van der Waals surface area contributed by atoms with Crippen LogP contribution in [0.25, 0.3) is 0 Å². The van der Waals surface area contributed by atoms with Crippen molar-refractivity contribution < 1.29 is 13.9 Å². The summed E-state index contributed by atoms with van der Waals surface area (Å²) in [5.74, 6) is 0.977. The van der Waals surface area contributed by atoms with Gasteiger partial charge in [-0.05, 0) is 63.8 Å². The topological polar surface area (TPSA) is 44.5 Å². The number of methoxy groups -OCH3 is 1. The highest BCUT2D eigenvalue weighted by molar-refractivity contribution is 9.10. The summed E-state index contributed by atoms with van der Waals surface area (Å²) in [4.78, 5) is 0. The Morgan fingerprint density at radius 1 is 1.24 bits per heavy atom. The maximum absolute atomic E-state index is 13.1. The molecule has 0 unspecified atom stereocenters. The van der Waals surface area contributed by atoms with Crippen LogP contribution in [0.2, 0.25) is 0 Å². The maximum Gasteiger partial charge on any atom is 0.175 e. The second kappa shape index (κ2) is 6.91. The van der Waals surface area contributed by atoms with Crippen LogP contribution < -0.4 is 15.2 Å². The van der Waals surface area contributed by atoms with E-state index in [2.05, 4.69) is 15.9 Å². The van der Waals surface area contributed by atoms with E-state index < -0.39 is 0 Å². The Morgan fingerprint density at radius 3 is 2.62 bits per heavy atom. The molecule has 0 heterocycles. The highest BCUT2D eigenvalue weighted by Crippen LogP contribution is 2.37. The maximum atomic E-state index is 13.1. The molecule has 0 aliphatic carbocycles. The van der Waals surface area contributed by atoms with Crippen LogP contribution in [0.4, 0.5) is 4.39 Å². The van der Waals surface area contributed by atoms with E-state index in [1.165, 1.54) is 12.1 Å². The number of ether oxygens (including phenoxy) is 2. The van der Waals surface area contributed by atoms with Gasteiger partial charge in [-0.15, -0.1) is 0 Å². The van der Waals surface area contributed by atoms with Gasteiger partial charge >= 0.3 is 0 Å². The van der Waals surface area contributed by atoms with Crippen LogP contribution in [0.15, 0.2) is 34.8 Å². The van der Waals surface area contributed by atoms with Crippen LogP contribution in [-0.2, 0) is 13.2 Å². The second-order valence-corrected chi connectivity index (χ2v) is 5.53. The molecular weight excluding hydrogens is 337 g/mol. The van der Waals surface area contributed by atoms with E-state index in [4.69, 9.17) is 15.2 Å². The molecule has 2 rings (SSSR count). The number of aryl methyl sites for hydroxylation is 1. The van der Waals surface area contributed by atoms with Gasteiger partial charge in [-0.2, -0.15) is 0 Å². The van der Waals surface area contributed by atoms with E-state index in [0.717, 1.165) is 21.2 Å². The third kappa shape index (κ3) is 3.74. The van der Waals surface area contributed by atoms with Crippen LogP contribution in [0, 0.1) is 12.7 Å². The van der Waals surface area contributed by atoms with Crippen molar-refractivity contribution >= 4 is 15.9 Å². The summed E-state index contributed by atoms with van der Waals surface area (Å²) in [6.45, 7) is 2.61. The lowest BCUT2D eigenvalue weighted by atomic mass is 10.1. The number of hydrogen-bond acceptors (Lipinski definition) is 3. The molecule has 0 amide bonds. The summed E-state index contributed by atoms with van der Waals surface area (Å²) in [7, 11) is 1.58. The first kappa shape index (κ1) is 15.8. The highest BCUT2D eigenvalue weighted by atomic mass is 79.9. The molecule has 0 bridgehead atoms. The second-order valence-electron chi connectivity index (χ2n) is 4.67. The monoisotopic (exact) mass is 353 g/mol. The minimum Gasteiger partial charge on any atom is -0.493 e. The molecule has 0 aliphatic rings. The van der Waals surface area contributed by atoms with Gasteiger partial charge in [0.1, 0.15) is 12.4 Å². The van der Waals surface area contributed by atoms with E-state index in [0.29, 0.717) is 24.7 Å². The summed E-state index contributed by atoms with van der Waals surface area (Å²) in [5, 5.41) is 0. The van der Waals surface area contributed by atoms with Gasteiger partial charge in [0.05, 0.1) is 11.6 Å². The first-order valence-corrected chi connectivity index (χ1v) is 7.28. The predicted molar refractivity (Wildman–Crippen MR) is 84.1 cm³/mol. The predicted octanol–water partition coefficient (Wildman–Crippen LogP) is 3.94. The van der Waals surface area contributed by atoms with Crippen LogP contribution in [0.5, 0.6) is 11.5 Å². The molecule has 0 atom stereocenters. The van der Waals surface area contributed by atoms with Gasteiger partial charge in [0.25, 0.3) is 0 Å². The molecule has 2 N–H and O–H groups in total. The van der Waals surface area contributed by atoms with Crippen molar-refractivity contribution in [1.29, 1.82) is 0 Å². The Kier molecular flexibility index (Phi) is 5.20. The summed E-state index contributed by atoms with van der Waals surface area (Å²) < 4.78 is 25.0. The molecule has 0 aliphatic heterocycles. The average molecular weight is 354 g/mol. The van der Waals surface area contributed by atoms with Gasteiger partial charge in [0.2, 0.25) is 0 Å². The van der Waals surface area contributed by atoms with E-state index in [9.17, 15) is 4.39 Å². The number of halogens is 2. The summed E-state index contributed by atoms with van der Waals surface area (Å²) in [5.41, 5.74) is 8.36. The Morgan fingerprint density at radius 2 is 2.00 bits per heavy atom. The summed E-state index contributed by atoms with van der Waals surface area (Å²) in [6, 6.07) is 8.38. The molecule has 0 aromatic heterocycles. The van der Waals surface area contributed by atoms with Crippen molar-refractivity contribution in [3.05, 3.63) is 57.3 Å². The lowest BCUT2D eigenvalue weighted by molar-refractivity contribution is 0.281. The number of hydrogen-bond donors (Lipinski definition) is 1. The number of benzene rings is 2. The first-order valence-electron chi connectivity index (χ1n) is 6.49. The Labute approximate surface area is 132 Å². The van der Waals surface area contributed by atoms with E-state index in [-0.39, 0.29) is 5.82 Å². The molecule has 112 valence electrons. The fourth-order valence-electron chi connectivity index (χ4n) is 2.00. The fourth-order valence-corrected chi connectivity index (χ4v) is 2.61. The van der Waals surface area contributed by atoms with Gasteiger partial charge in [-0.25, -0.2) is 4.39 Å². The van der Waals surface area contributed by atoms with Gasteiger partial charge in [-0.3, -0.25) is 0 Å². The minimum atomic E-state index is -0.248. The third-order valence-electron chi connectivity index (χ3n) is 3.20. The first-order chi connectivity index (χ1) is 10.0. The molecule has 0 saturated heterocycles. The van der Waals surface area contributed by atoms with Crippen LogP contribution in [-0.4, -0.2) is 7.11 Å². The van der Waals surface area contributed by atoms with Crippen LogP contribution >= 0.6 is 15.9 Å².